The van der Waals surface area contributed by atoms with Crippen molar-refractivity contribution in [1.29, 1.82) is 0 Å². The van der Waals surface area contributed by atoms with Crippen LogP contribution in [0.15, 0.2) is 27.8 Å². The van der Waals surface area contributed by atoms with Crippen LogP contribution in [0, 0.1) is 0 Å². The zero-order valence-corrected chi connectivity index (χ0v) is 9.24. The molecule has 2 rings (SSSR count). The molecule has 0 aliphatic carbocycles. The van der Waals surface area contributed by atoms with Crippen molar-refractivity contribution in [3.63, 3.8) is 0 Å². The minimum Gasteiger partial charge on any atom is -0.467 e. The van der Waals surface area contributed by atoms with Crippen LogP contribution in [0.5, 0.6) is 0 Å². The van der Waals surface area contributed by atoms with Crippen LogP contribution in [-0.2, 0) is 11.3 Å². The molecular formula is C11H17N3O2. The average Bonchev–Trinajstić information content (AvgIpc) is 2.96. The second-order valence-corrected chi connectivity index (χ2v) is 3.57. The van der Waals surface area contributed by atoms with Crippen LogP contribution in [0.2, 0.25) is 0 Å². The maximum absolute atomic E-state index is 5.45. The van der Waals surface area contributed by atoms with E-state index in [1.165, 1.54) is 0 Å². The SMILES string of the molecule is c1coc(COCCCNC2=NCCN2)c1. The van der Waals surface area contributed by atoms with Gasteiger partial charge in [-0.2, -0.15) is 0 Å². The first kappa shape index (κ1) is 11.0. The molecule has 0 fully saturated rings. The molecule has 88 valence electrons. The summed E-state index contributed by atoms with van der Waals surface area (Å²) in [5.41, 5.74) is 0. The summed E-state index contributed by atoms with van der Waals surface area (Å²) in [7, 11) is 0. The molecule has 0 aromatic carbocycles. The van der Waals surface area contributed by atoms with Crippen LogP contribution in [0.3, 0.4) is 0 Å². The Morgan fingerprint density at radius 2 is 2.56 bits per heavy atom. The van der Waals surface area contributed by atoms with Gasteiger partial charge in [-0.25, -0.2) is 0 Å². The molecule has 0 amide bonds. The van der Waals surface area contributed by atoms with Gasteiger partial charge in [-0.3, -0.25) is 4.99 Å². The highest BCUT2D eigenvalue weighted by Gasteiger charge is 2.02. The number of nitrogens with zero attached hydrogens (tertiary/aromatic N) is 1. The molecule has 0 radical (unpaired) electrons. The first-order chi connectivity index (χ1) is 7.95. The van der Waals surface area contributed by atoms with Crippen molar-refractivity contribution in [2.75, 3.05) is 26.2 Å². The van der Waals surface area contributed by atoms with E-state index in [0.717, 1.165) is 44.4 Å². The Morgan fingerprint density at radius 3 is 3.31 bits per heavy atom. The molecule has 5 heteroatoms. The highest BCUT2D eigenvalue weighted by molar-refractivity contribution is 5.81. The second kappa shape index (κ2) is 6.17. The second-order valence-electron chi connectivity index (χ2n) is 3.57. The smallest absolute Gasteiger partial charge is 0.191 e. The topological polar surface area (TPSA) is 58.8 Å². The van der Waals surface area contributed by atoms with Crippen LogP contribution >= 0.6 is 0 Å². The summed E-state index contributed by atoms with van der Waals surface area (Å²) < 4.78 is 10.6. The Labute approximate surface area is 94.9 Å². The number of guanidine groups is 1. The lowest BCUT2D eigenvalue weighted by atomic mass is 10.4. The lowest BCUT2D eigenvalue weighted by Gasteiger charge is -2.06. The molecule has 0 saturated carbocycles. The molecule has 16 heavy (non-hydrogen) atoms. The van der Waals surface area contributed by atoms with Gasteiger partial charge in [0.25, 0.3) is 0 Å². The molecule has 1 aromatic heterocycles. The van der Waals surface area contributed by atoms with E-state index in [1.807, 2.05) is 12.1 Å². The van der Waals surface area contributed by atoms with Crippen molar-refractivity contribution in [3.8, 4) is 0 Å². The monoisotopic (exact) mass is 223 g/mol. The Morgan fingerprint density at radius 1 is 1.56 bits per heavy atom. The van der Waals surface area contributed by atoms with Crippen molar-refractivity contribution < 1.29 is 9.15 Å². The van der Waals surface area contributed by atoms with E-state index in [1.54, 1.807) is 6.26 Å². The van der Waals surface area contributed by atoms with E-state index < -0.39 is 0 Å². The third-order valence-corrected chi connectivity index (χ3v) is 2.26. The van der Waals surface area contributed by atoms with Gasteiger partial charge in [0.05, 0.1) is 12.8 Å². The summed E-state index contributed by atoms with van der Waals surface area (Å²) >= 11 is 0. The molecule has 0 bridgehead atoms. The lowest BCUT2D eigenvalue weighted by molar-refractivity contribution is 0.105. The predicted octanol–water partition coefficient (Wildman–Crippen LogP) is 0.735. The van der Waals surface area contributed by atoms with Gasteiger partial charge in [-0.05, 0) is 18.6 Å². The first-order valence-electron chi connectivity index (χ1n) is 5.57. The Balaban J connectivity index is 1.46. The van der Waals surface area contributed by atoms with E-state index in [0.29, 0.717) is 6.61 Å². The molecule has 0 unspecified atom stereocenters. The van der Waals surface area contributed by atoms with Gasteiger partial charge in [-0.15, -0.1) is 0 Å². The zero-order valence-electron chi connectivity index (χ0n) is 9.24. The number of ether oxygens (including phenoxy) is 1. The fourth-order valence-electron chi connectivity index (χ4n) is 1.46. The highest BCUT2D eigenvalue weighted by atomic mass is 16.5. The van der Waals surface area contributed by atoms with E-state index in [-0.39, 0.29) is 0 Å². The standard InChI is InChI=1S/C11H17N3O2/c1-3-10(16-8-1)9-15-7-2-4-12-11-13-5-6-14-11/h1,3,8H,2,4-7,9H2,(H2,12,13,14). The predicted molar refractivity (Wildman–Crippen MR) is 61.3 cm³/mol. The molecular weight excluding hydrogens is 206 g/mol. The van der Waals surface area contributed by atoms with Crippen molar-refractivity contribution >= 4 is 5.96 Å². The van der Waals surface area contributed by atoms with Crippen LogP contribution in [-0.4, -0.2) is 32.2 Å². The van der Waals surface area contributed by atoms with E-state index >= 15 is 0 Å². The van der Waals surface area contributed by atoms with Gasteiger partial charge in [0.2, 0.25) is 0 Å². The van der Waals surface area contributed by atoms with Crippen LogP contribution < -0.4 is 10.6 Å². The maximum Gasteiger partial charge on any atom is 0.191 e. The van der Waals surface area contributed by atoms with Gasteiger partial charge in [0, 0.05) is 19.7 Å². The lowest BCUT2D eigenvalue weighted by Crippen LogP contribution is -2.34. The summed E-state index contributed by atoms with van der Waals surface area (Å²) in [5.74, 6) is 1.78. The fourth-order valence-corrected chi connectivity index (χ4v) is 1.46. The maximum atomic E-state index is 5.45. The van der Waals surface area contributed by atoms with Gasteiger partial charge in [0.15, 0.2) is 5.96 Å². The van der Waals surface area contributed by atoms with Crippen molar-refractivity contribution in [2.45, 2.75) is 13.0 Å². The van der Waals surface area contributed by atoms with Gasteiger partial charge in [0.1, 0.15) is 12.4 Å². The Hall–Kier alpha value is -1.49. The number of hydrogen-bond donors (Lipinski definition) is 2. The van der Waals surface area contributed by atoms with Gasteiger partial charge >= 0.3 is 0 Å². The summed E-state index contributed by atoms with van der Waals surface area (Å²) in [5, 5.41) is 6.36. The van der Waals surface area contributed by atoms with Gasteiger partial charge in [-0.1, -0.05) is 0 Å². The van der Waals surface area contributed by atoms with Crippen molar-refractivity contribution in [1.82, 2.24) is 10.6 Å². The largest absolute Gasteiger partial charge is 0.467 e. The Kier molecular flexibility index (Phi) is 4.25. The highest BCUT2D eigenvalue weighted by Crippen LogP contribution is 2.01. The molecule has 1 aliphatic heterocycles. The van der Waals surface area contributed by atoms with Crippen LogP contribution in [0.4, 0.5) is 0 Å². The minimum atomic E-state index is 0.548. The molecule has 0 atom stereocenters. The first-order valence-corrected chi connectivity index (χ1v) is 5.57. The number of rotatable bonds is 6. The number of hydrogen-bond acceptors (Lipinski definition) is 5. The van der Waals surface area contributed by atoms with E-state index in [4.69, 9.17) is 9.15 Å². The number of nitrogens with one attached hydrogen (secondary N) is 2. The normalized spacial score (nSPS) is 14.6. The quantitative estimate of drug-likeness (QED) is 0.698. The summed E-state index contributed by atoms with van der Waals surface area (Å²) in [6.07, 6.45) is 2.62. The van der Waals surface area contributed by atoms with Gasteiger partial charge < -0.3 is 19.8 Å². The molecule has 2 heterocycles. The summed E-state index contributed by atoms with van der Waals surface area (Å²) in [6, 6.07) is 3.78. The van der Waals surface area contributed by atoms with Crippen molar-refractivity contribution in [3.05, 3.63) is 24.2 Å². The number of aliphatic imine (C=N–C) groups is 1. The molecule has 5 nitrogen and oxygen atoms in total. The minimum absolute atomic E-state index is 0.548. The van der Waals surface area contributed by atoms with E-state index in [2.05, 4.69) is 15.6 Å². The molecule has 0 saturated heterocycles. The van der Waals surface area contributed by atoms with Crippen LogP contribution in [0.25, 0.3) is 0 Å². The summed E-state index contributed by atoms with van der Waals surface area (Å²) in [4.78, 5) is 4.23. The third-order valence-electron chi connectivity index (χ3n) is 2.26. The van der Waals surface area contributed by atoms with Crippen LogP contribution in [0.1, 0.15) is 12.2 Å². The average molecular weight is 223 g/mol. The molecule has 1 aliphatic rings. The molecule has 2 N–H and O–H groups in total. The Bertz CT molecular complexity index is 322. The summed E-state index contributed by atoms with van der Waals surface area (Å²) in [6.45, 7) is 3.96. The third kappa shape index (κ3) is 3.58. The zero-order chi connectivity index (χ0) is 11.1. The van der Waals surface area contributed by atoms with Crippen molar-refractivity contribution in [2.24, 2.45) is 4.99 Å². The molecule has 1 aromatic rings. The van der Waals surface area contributed by atoms with E-state index in [9.17, 15) is 0 Å². The molecule has 0 spiro atoms. The number of furan rings is 1. The fraction of sp³-hybridized carbons (Fsp3) is 0.545.